The van der Waals surface area contributed by atoms with Crippen LogP contribution in [0.2, 0.25) is 5.02 Å². The normalized spacial score (nSPS) is 16.9. The molecule has 1 aliphatic heterocycles. The van der Waals surface area contributed by atoms with Gasteiger partial charge in [0, 0.05) is 32.1 Å². The Bertz CT molecular complexity index is 591. The summed E-state index contributed by atoms with van der Waals surface area (Å²) in [5.74, 6) is 2.25. The van der Waals surface area contributed by atoms with E-state index in [9.17, 15) is 0 Å². The van der Waals surface area contributed by atoms with Crippen LogP contribution in [0.3, 0.4) is 0 Å². The van der Waals surface area contributed by atoms with Crippen LogP contribution in [0, 0.1) is 5.92 Å². The van der Waals surface area contributed by atoms with Gasteiger partial charge >= 0.3 is 0 Å². The van der Waals surface area contributed by atoms with E-state index in [0.717, 1.165) is 60.9 Å². The average Bonchev–Trinajstić information content (AvgIpc) is 2.80. The molecule has 1 aliphatic rings. The molecule has 0 unspecified atom stereocenters. The number of halogens is 2. The molecule has 0 bridgehead atoms. The molecular weight excluding hydrogens is 295 g/mol. The zero-order valence-corrected chi connectivity index (χ0v) is 12.8. The fourth-order valence-corrected chi connectivity index (χ4v) is 3.29. The highest BCUT2D eigenvalue weighted by atomic mass is 35.5. The zero-order valence-electron chi connectivity index (χ0n) is 11.3. The number of para-hydroxylation sites is 1. The van der Waals surface area contributed by atoms with Gasteiger partial charge in [0.15, 0.2) is 0 Å². The van der Waals surface area contributed by atoms with Crippen LogP contribution in [0.15, 0.2) is 18.2 Å². The van der Waals surface area contributed by atoms with Crippen molar-refractivity contribution in [2.45, 2.75) is 25.8 Å². The predicted octanol–water partition coefficient (Wildman–Crippen LogP) is 3.90. The van der Waals surface area contributed by atoms with E-state index in [1.807, 2.05) is 18.2 Å². The fourth-order valence-electron chi connectivity index (χ4n) is 2.85. The number of aromatic nitrogens is 2. The Morgan fingerprint density at radius 3 is 2.85 bits per heavy atom. The van der Waals surface area contributed by atoms with Gasteiger partial charge in [0.05, 0.1) is 16.1 Å². The Morgan fingerprint density at radius 2 is 2.10 bits per heavy atom. The first kappa shape index (κ1) is 14.2. The van der Waals surface area contributed by atoms with Crippen molar-refractivity contribution >= 4 is 34.2 Å². The van der Waals surface area contributed by atoms with Crippen molar-refractivity contribution in [3.63, 3.8) is 0 Å². The number of fused-ring (bicyclic) bond motifs is 1. The lowest BCUT2D eigenvalue weighted by molar-refractivity contribution is 0.0614. The number of hydrogen-bond donors (Lipinski definition) is 0. The monoisotopic (exact) mass is 312 g/mol. The summed E-state index contributed by atoms with van der Waals surface area (Å²) in [5, 5.41) is 0.767. The fraction of sp³-hybridized carbons (Fsp3) is 0.533. The van der Waals surface area contributed by atoms with E-state index in [1.165, 1.54) is 0 Å². The van der Waals surface area contributed by atoms with Gasteiger partial charge in [0.25, 0.3) is 0 Å². The van der Waals surface area contributed by atoms with Crippen molar-refractivity contribution in [2.75, 3.05) is 19.1 Å². The minimum absolute atomic E-state index is 0.578. The Labute approximate surface area is 128 Å². The molecular formula is C15H18Cl2N2O. The molecule has 108 valence electrons. The molecule has 20 heavy (non-hydrogen) atoms. The van der Waals surface area contributed by atoms with Gasteiger partial charge in [0.2, 0.25) is 0 Å². The van der Waals surface area contributed by atoms with E-state index in [2.05, 4.69) is 4.57 Å². The summed E-state index contributed by atoms with van der Waals surface area (Å²) >= 11 is 12.3. The predicted molar refractivity (Wildman–Crippen MR) is 82.7 cm³/mol. The van der Waals surface area contributed by atoms with Gasteiger partial charge in [-0.15, -0.1) is 11.6 Å². The van der Waals surface area contributed by atoms with Crippen LogP contribution in [-0.2, 0) is 17.7 Å². The number of alkyl halides is 1. The summed E-state index contributed by atoms with van der Waals surface area (Å²) in [6.45, 7) is 2.67. The highest BCUT2D eigenvalue weighted by Crippen LogP contribution is 2.27. The molecule has 2 heterocycles. The molecule has 0 radical (unpaired) electrons. The molecule has 1 aromatic heterocycles. The molecule has 0 aliphatic carbocycles. The Kier molecular flexibility index (Phi) is 4.49. The molecule has 3 rings (SSSR count). The second-order valence-corrected chi connectivity index (χ2v) is 6.03. The lowest BCUT2D eigenvalue weighted by Crippen LogP contribution is -2.21. The van der Waals surface area contributed by atoms with Crippen LogP contribution >= 0.6 is 23.2 Å². The van der Waals surface area contributed by atoms with Gasteiger partial charge in [-0.25, -0.2) is 4.98 Å². The first-order chi connectivity index (χ1) is 9.79. The van der Waals surface area contributed by atoms with Gasteiger partial charge in [0.1, 0.15) is 5.82 Å². The van der Waals surface area contributed by atoms with E-state index in [4.69, 9.17) is 32.9 Å². The molecule has 0 atom stereocenters. The number of benzene rings is 1. The number of ether oxygens (including phenoxy) is 1. The summed E-state index contributed by atoms with van der Waals surface area (Å²) in [6.07, 6.45) is 2.98. The molecule has 1 saturated heterocycles. The van der Waals surface area contributed by atoms with Crippen LogP contribution in [-0.4, -0.2) is 28.6 Å². The maximum absolute atomic E-state index is 6.37. The summed E-state index contributed by atoms with van der Waals surface area (Å²) in [5.41, 5.74) is 2.01. The topological polar surface area (TPSA) is 27.1 Å². The summed E-state index contributed by atoms with van der Waals surface area (Å²) < 4.78 is 7.70. The second kappa shape index (κ2) is 6.33. The van der Waals surface area contributed by atoms with E-state index in [0.29, 0.717) is 11.8 Å². The maximum Gasteiger partial charge on any atom is 0.111 e. The van der Waals surface area contributed by atoms with Crippen molar-refractivity contribution in [3.8, 4) is 0 Å². The number of hydrogen-bond acceptors (Lipinski definition) is 2. The first-order valence-corrected chi connectivity index (χ1v) is 7.98. The lowest BCUT2D eigenvalue weighted by Gasteiger charge is -2.23. The highest BCUT2D eigenvalue weighted by molar-refractivity contribution is 6.35. The standard InChI is InChI=1S/C15H18Cl2N2O/c16-7-4-14-18-13-3-1-2-12(17)15(13)19(14)10-11-5-8-20-9-6-11/h1-3,11H,4-10H2. The third kappa shape index (κ3) is 2.80. The largest absolute Gasteiger partial charge is 0.381 e. The lowest BCUT2D eigenvalue weighted by atomic mass is 10.0. The van der Waals surface area contributed by atoms with Crippen LogP contribution in [0.25, 0.3) is 11.0 Å². The number of aryl methyl sites for hydroxylation is 1. The number of nitrogens with zero attached hydrogens (tertiary/aromatic N) is 2. The third-order valence-corrected chi connectivity index (χ3v) is 4.39. The van der Waals surface area contributed by atoms with Crippen LogP contribution < -0.4 is 0 Å². The Hall–Kier alpha value is -0.770. The van der Waals surface area contributed by atoms with Crippen molar-refractivity contribution < 1.29 is 4.74 Å². The molecule has 1 fully saturated rings. The van der Waals surface area contributed by atoms with E-state index >= 15 is 0 Å². The third-order valence-electron chi connectivity index (χ3n) is 3.90. The Balaban J connectivity index is 1.98. The minimum atomic E-state index is 0.578. The first-order valence-electron chi connectivity index (χ1n) is 7.07. The number of rotatable bonds is 4. The van der Waals surface area contributed by atoms with E-state index in [1.54, 1.807) is 0 Å². The van der Waals surface area contributed by atoms with Crippen molar-refractivity contribution in [1.29, 1.82) is 0 Å². The molecule has 5 heteroatoms. The van der Waals surface area contributed by atoms with Gasteiger partial charge < -0.3 is 9.30 Å². The quantitative estimate of drug-likeness (QED) is 0.801. The van der Waals surface area contributed by atoms with Gasteiger partial charge in [-0.2, -0.15) is 0 Å². The van der Waals surface area contributed by atoms with E-state index < -0.39 is 0 Å². The van der Waals surface area contributed by atoms with E-state index in [-0.39, 0.29) is 0 Å². The molecule has 1 aromatic carbocycles. The zero-order chi connectivity index (χ0) is 13.9. The summed E-state index contributed by atoms with van der Waals surface area (Å²) in [4.78, 5) is 4.69. The smallest absolute Gasteiger partial charge is 0.111 e. The highest BCUT2D eigenvalue weighted by Gasteiger charge is 2.19. The molecule has 3 nitrogen and oxygen atoms in total. The van der Waals surface area contributed by atoms with Crippen molar-refractivity contribution in [1.82, 2.24) is 9.55 Å². The summed E-state index contributed by atoms with van der Waals surface area (Å²) in [7, 11) is 0. The van der Waals surface area contributed by atoms with Crippen molar-refractivity contribution in [2.24, 2.45) is 5.92 Å². The molecule has 0 saturated carbocycles. The van der Waals surface area contributed by atoms with Crippen LogP contribution in [0.4, 0.5) is 0 Å². The summed E-state index contributed by atoms with van der Waals surface area (Å²) in [6, 6.07) is 5.89. The Morgan fingerprint density at radius 1 is 1.30 bits per heavy atom. The maximum atomic E-state index is 6.37. The van der Waals surface area contributed by atoms with Crippen LogP contribution in [0.5, 0.6) is 0 Å². The van der Waals surface area contributed by atoms with Crippen LogP contribution in [0.1, 0.15) is 18.7 Å². The molecule has 2 aromatic rings. The molecule has 0 spiro atoms. The molecule has 0 amide bonds. The van der Waals surface area contributed by atoms with Crippen molar-refractivity contribution in [3.05, 3.63) is 29.0 Å². The SMILES string of the molecule is ClCCc1nc2cccc(Cl)c2n1CC1CCOCC1. The van der Waals surface area contributed by atoms with Gasteiger partial charge in [-0.3, -0.25) is 0 Å². The number of imidazole rings is 1. The molecule has 0 N–H and O–H groups in total. The minimum Gasteiger partial charge on any atom is -0.381 e. The van der Waals surface area contributed by atoms with Gasteiger partial charge in [-0.05, 0) is 30.9 Å². The van der Waals surface area contributed by atoms with Gasteiger partial charge in [-0.1, -0.05) is 17.7 Å². The average molecular weight is 313 g/mol. The second-order valence-electron chi connectivity index (χ2n) is 5.24.